The molecule has 0 amide bonds. The zero-order valence-electron chi connectivity index (χ0n) is 13.5. The van der Waals surface area contributed by atoms with Gasteiger partial charge in [-0.2, -0.15) is 4.98 Å². The molecule has 3 aromatic rings. The van der Waals surface area contributed by atoms with Gasteiger partial charge < -0.3 is 4.52 Å². The Hall–Kier alpha value is -2.29. The molecule has 1 fully saturated rings. The van der Waals surface area contributed by atoms with Crippen molar-refractivity contribution in [3.8, 4) is 11.4 Å². The predicted molar refractivity (Wildman–Crippen MR) is 89.2 cm³/mol. The van der Waals surface area contributed by atoms with Crippen LogP contribution in [-0.4, -0.2) is 30.3 Å². The van der Waals surface area contributed by atoms with Crippen LogP contribution in [0.1, 0.15) is 44.0 Å². The van der Waals surface area contributed by atoms with Crippen LogP contribution < -0.4 is 0 Å². The molecular formula is C16H17FN6OS. The van der Waals surface area contributed by atoms with Gasteiger partial charge in [-0.1, -0.05) is 36.2 Å². The van der Waals surface area contributed by atoms with E-state index in [4.69, 9.17) is 4.52 Å². The van der Waals surface area contributed by atoms with Gasteiger partial charge in [-0.15, -0.1) is 5.10 Å². The minimum atomic E-state index is -0.294. The summed E-state index contributed by atoms with van der Waals surface area (Å²) in [4.78, 5) is 4.35. The molecule has 0 unspecified atom stereocenters. The number of benzene rings is 1. The van der Waals surface area contributed by atoms with E-state index in [1.165, 1.54) is 43.2 Å². The number of hydrogen-bond donors (Lipinski definition) is 0. The van der Waals surface area contributed by atoms with Crippen molar-refractivity contribution in [1.82, 2.24) is 30.3 Å². The lowest BCUT2D eigenvalue weighted by Crippen LogP contribution is -2.15. The lowest BCUT2D eigenvalue weighted by atomic mass is 9.96. The third-order valence-electron chi connectivity index (χ3n) is 4.28. The number of hydrogen-bond acceptors (Lipinski definition) is 7. The second-order valence-corrected chi connectivity index (χ2v) is 6.95. The summed E-state index contributed by atoms with van der Waals surface area (Å²) in [7, 11) is 0. The molecule has 2 aromatic heterocycles. The number of halogens is 1. The zero-order valence-corrected chi connectivity index (χ0v) is 14.3. The summed E-state index contributed by atoms with van der Waals surface area (Å²) in [6.07, 6.45) is 5.97. The molecule has 1 aliphatic rings. The highest BCUT2D eigenvalue weighted by atomic mass is 32.2. The normalized spacial score (nSPS) is 15.6. The Morgan fingerprint density at radius 3 is 2.76 bits per heavy atom. The van der Waals surface area contributed by atoms with Gasteiger partial charge in [0.1, 0.15) is 5.82 Å². The van der Waals surface area contributed by atoms with E-state index in [1.54, 1.807) is 12.1 Å². The van der Waals surface area contributed by atoms with E-state index >= 15 is 0 Å². The molecule has 25 heavy (non-hydrogen) atoms. The van der Waals surface area contributed by atoms with Gasteiger partial charge in [-0.05, 0) is 47.5 Å². The highest BCUT2D eigenvalue weighted by Crippen LogP contribution is 2.31. The van der Waals surface area contributed by atoms with Crippen LogP contribution in [0.25, 0.3) is 11.4 Å². The van der Waals surface area contributed by atoms with Crippen LogP contribution in [0, 0.1) is 5.82 Å². The molecule has 7 nitrogen and oxygen atoms in total. The number of tetrazole rings is 1. The molecule has 9 heteroatoms. The molecule has 0 aliphatic heterocycles. The van der Waals surface area contributed by atoms with E-state index in [-0.39, 0.29) is 5.82 Å². The highest BCUT2D eigenvalue weighted by molar-refractivity contribution is 7.98. The molecule has 1 aliphatic carbocycles. The first-order valence-electron chi connectivity index (χ1n) is 8.29. The first-order valence-corrected chi connectivity index (χ1v) is 9.27. The zero-order chi connectivity index (χ0) is 17.1. The molecule has 4 rings (SSSR count). The Labute approximate surface area is 148 Å². The van der Waals surface area contributed by atoms with E-state index in [1.807, 2.05) is 4.68 Å². The van der Waals surface area contributed by atoms with E-state index in [2.05, 4.69) is 25.7 Å². The monoisotopic (exact) mass is 360 g/mol. The van der Waals surface area contributed by atoms with Crippen molar-refractivity contribution in [3.63, 3.8) is 0 Å². The maximum Gasteiger partial charge on any atom is 0.237 e. The van der Waals surface area contributed by atoms with E-state index < -0.39 is 0 Å². The van der Waals surface area contributed by atoms with Crippen LogP contribution in [0.2, 0.25) is 0 Å². The van der Waals surface area contributed by atoms with Crippen LogP contribution in [-0.2, 0) is 5.75 Å². The smallest absolute Gasteiger partial charge is 0.237 e. The van der Waals surface area contributed by atoms with Crippen molar-refractivity contribution in [1.29, 1.82) is 0 Å². The van der Waals surface area contributed by atoms with Crippen LogP contribution in [0.3, 0.4) is 0 Å². The van der Waals surface area contributed by atoms with Crippen molar-refractivity contribution in [2.24, 2.45) is 0 Å². The lowest BCUT2D eigenvalue weighted by Gasteiger charge is -2.21. The van der Waals surface area contributed by atoms with E-state index in [9.17, 15) is 4.39 Å². The van der Waals surface area contributed by atoms with Crippen molar-refractivity contribution < 1.29 is 8.91 Å². The molecule has 1 saturated carbocycles. The SMILES string of the molecule is Fc1ccc(-c2noc(CSc3nnnn3C3CCCCC3)n2)cc1. The molecule has 1 aromatic carbocycles. The molecule has 0 bridgehead atoms. The second kappa shape index (κ2) is 7.30. The van der Waals surface area contributed by atoms with Gasteiger partial charge in [0.15, 0.2) is 0 Å². The minimum Gasteiger partial charge on any atom is -0.338 e. The number of thioether (sulfide) groups is 1. The van der Waals surface area contributed by atoms with E-state index in [0.717, 1.165) is 18.0 Å². The molecule has 130 valence electrons. The van der Waals surface area contributed by atoms with Crippen LogP contribution in [0.4, 0.5) is 4.39 Å². The molecule has 0 spiro atoms. The Bertz CT molecular complexity index is 827. The van der Waals surface area contributed by atoms with Crippen molar-refractivity contribution >= 4 is 11.8 Å². The first-order chi connectivity index (χ1) is 12.3. The maximum atomic E-state index is 13.0. The summed E-state index contributed by atoms with van der Waals surface area (Å²) >= 11 is 1.48. The van der Waals surface area contributed by atoms with Crippen molar-refractivity contribution in [3.05, 3.63) is 36.0 Å². The Balaban J connectivity index is 1.42. The second-order valence-electron chi connectivity index (χ2n) is 6.01. The summed E-state index contributed by atoms with van der Waals surface area (Å²) in [6.45, 7) is 0. The van der Waals surface area contributed by atoms with Gasteiger partial charge in [0, 0.05) is 5.56 Å². The van der Waals surface area contributed by atoms with Gasteiger partial charge >= 0.3 is 0 Å². The molecular weight excluding hydrogens is 343 g/mol. The fourth-order valence-corrected chi connectivity index (χ4v) is 3.77. The average molecular weight is 360 g/mol. The van der Waals surface area contributed by atoms with Gasteiger partial charge in [0.05, 0.1) is 11.8 Å². The fourth-order valence-electron chi connectivity index (χ4n) is 2.99. The summed E-state index contributed by atoms with van der Waals surface area (Å²) < 4.78 is 20.2. The minimum absolute atomic E-state index is 0.294. The van der Waals surface area contributed by atoms with Crippen LogP contribution in [0.15, 0.2) is 33.9 Å². The summed E-state index contributed by atoms with van der Waals surface area (Å²) in [5.41, 5.74) is 0.716. The van der Waals surface area contributed by atoms with Gasteiger partial charge in [-0.25, -0.2) is 9.07 Å². The maximum absolute atomic E-state index is 13.0. The standard InChI is InChI=1S/C16H17FN6OS/c17-12-8-6-11(7-9-12)15-18-14(24-20-15)10-25-16-19-21-22-23(16)13-4-2-1-3-5-13/h6-9,13H,1-5,10H2. The highest BCUT2D eigenvalue weighted by Gasteiger charge is 2.21. The number of rotatable bonds is 5. The topological polar surface area (TPSA) is 82.5 Å². The van der Waals surface area contributed by atoms with Crippen LogP contribution >= 0.6 is 11.8 Å². The van der Waals surface area contributed by atoms with Crippen LogP contribution in [0.5, 0.6) is 0 Å². The third kappa shape index (κ3) is 3.71. The molecule has 2 heterocycles. The molecule has 0 atom stereocenters. The van der Waals surface area contributed by atoms with Gasteiger partial charge in [-0.3, -0.25) is 0 Å². The Kier molecular flexibility index (Phi) is 4.73. The van der Waals surface area contributed by atoms with Crippen molar-refractivity contribution in [2.45, 2.75) is 49.1 Å². The molecule has 0 radical (unpaired) electrons. The van der Waals surface area contributed by atoms with Gasteiger partial charge in [0.25, 0.3) is 0 Å². The largest absolute Gasteiger partial charge is 0.338 e. The summed E-state index contributed by atoms with van der Waals surface area (Å²) in [5.74, 6) is 1.13. The predicted octanol–water partition coefficient (Wildman–Crippen LogP) is 3.66. The summed E-state index contributed by atoms with van der Waals surface area (Å²) in [5, 5.41) is 16.8. The lowest BCUT2D eigenvalue weighted by molar-refractivity contribution is 0.307. The van der Waals surface area contributed by atoms with Gasteiger partial charge in [0.2, 0.25) is 16.9 Å². The van der Waals surface area contributed by atoms with Crippen molar-refractivity contribution in [2.75, 3.05) is 0 Å². The fraction of sp³-hybridized carbons (Fsp3) is 0.438. The molecule has 0 saturated heterocycles. The summed E-state index contributed by atoms with van der Waals surface area (Å²) in [6, 6.07) is 6.38. The average Bonchev–Trinajstić information content (AvgIpc) is 3.31. The molecule has 0 N–H and O–H groups in total. The number of nitrogens with zero attached hydrogens (tertiary/aromatic N) is 6. The Morgan fingerprint density at radius 2 is 1.96 bits per heavy atom. The number of aromatic nitrogens is 6. The quantitative estimate of drug-likeness (QED) is 0.642. The van der Waals surface area contributed by atoms with E-state index in [0.29, 0.717) is 29.1 Å². The first kappa shape index (κ1) is 16.2. The third-order valence-corrected chi connectivity index (χ3v) is 5.20. The Morgan fingerprint density at radius 1 is 1.16 bits per heavy atom.